The zero-order chi connectivity index (χ0) is 28.5. The zero-order valence-corrected chi connectivity index (χ0v) is 20.7. The summed E-state index contributed by atoms with van der Waals surface area (Å²) in [5.74, 6) is -0.871. The van der Waals surface area contributed by atoms with Crippen molar-refractivity contribution in [3.8, 4) is 11.8 Å². The molecule has 204 valence electrons. The third-order valence-electron chi connectivity index (χ3n) is 6.26. The Morgan fingerprint density at radius 3 is 2.28 bits per heavy atom. The molecular formula is C27H22F6N4O2. The van der Waals surface area contributed by atoms with Crippen molar-refractivity contribution in [2.24, 2.45) is 0 Å². The molecule has 1 amide bonds. The summed E-state index contributed by atoms with van der Waals surface area (Å²) in [6.07, 6.45) is -8.39. The van der Waals surface area contributed by atoms with Crippen molar-refractivity contribution < 1.29 is 35.9 Å². The van der Waals surface area contributed by atoms with Gasteiger partial charge in [0.05, 0.1) is 29.6 Å². The van der Waals surface area contributed by atoms with E-state index < -0.39 is 42.0 Å². The maximum absolute atomic E-state index is 13.9. The molecule has 1 fully saturated rings. The summed E-state index contributed by atoms with van der Waals surface area (Å²) in [5.41, 5.74) is 0.324. The molecule has 3 aromatic rings. The fourth-order valence-corrected chi connectivity index (χ4v) is 4.72. The molecule has 0 aliphatic carbocycles. The molecule has 12 heteroatoms. The van der Waals surface area contributed by atoms with E-state index in [1.807, 2.05) is 6.07 Å². The number of pyridine rings is 1. The van der Waals surface area contributed by atoms with E-state index in [2.05, 4.69) is 9.72 Å². The number of hydrogen-bond donors (Lipinski definition) is 0. The Kier molecular flexibility index (Phi) is 7.46. The van der Waals surface area contributed by atoms with Crippen molar-refractivity contribution in [1.82, 2.24) is 4.98 Å². The molecule has 0 bridgehead atoms. The SMILES string of the molecule is CC(C)N(c1ccc(C(F)(F)F)nc1)[C@@H]1C[C@H](c2cccc(OC(F)(F)F)c2)N(c2ccc(C#N)cc2)C1=O. The highest BCUT2D eigenvalue weighted by Gasteiger charge is 2.45. The van der Waals surface area contributed by atoms with E-state index in [1.54, 1.807) is 36.9 Å². The molecular weight excluding hydrogens is 526 g/mol. The maximum Gasteiger partial charge on any atom is 0.573 e. The van der Waals surface area contributed by atoms with Crippen LogP contribution in [0.3, 0.4) is 0 Å². The molecule has 0 saturated carbocycles. The van der Waals surface area contributed by atoms with Gasteiger partial charge in [-0.25, -0.2) is 4.98 Å². The van der Waals surface area contributed by atoms with Gasteiger partial charge in [-0.15, -0.1) is 13.2 Å². The smallest absolute Gasteiger partial charge is 0.406 e. The molecule has 6 nitrogen and oxygen atoms in total. The number of nitrogens with zero attached hydrogens (tertiary/aromatic N) is 4. The lowest BCUT2D eigenvalue weighted by Gasteiger charge is -2.33. The van der Waals surface area contributed by atoms with E-state index in [0.717, 1.165) is 18.3 Å². The Morgan fingerprint density at radius 1 is 1.05 bits per heavy atom. The van der Waals surface area contributed by atoms with Crippen LogP contribution in [0.4, 0.5) is 37.7 Å². The van der Waals surface area contributed by atoms with Crippen LogP contribution in [-0.2, 0) is 11.0 Å². The van der Waals surface area contributed by atoms with Crippen LogP contribution in [0.2, 0.25) is 0 Å². The second-order valence-electron chi connectivity index (χ2n) is 9.15. The van der Waals surface area contributed by atoms with Gasteiger partial charge in [-0.05, 0) is 67.9 Å². The Labute approximate surface area is 220 Å². The topological polar surface area (TPSA) is 69.5 Å². The van der Waals surface area contributed by atoms with E-state index in [4.69, 9.17) is 5.26 Å². The van der Waals surface area contributed by atoms with E-state index in [0.29, 0.717) is 16.8 Å². The molecule has 1 saturated heterocycles. The standard InChI is InChI=1S/C27H22F6N4O2/c1-16(2)36(20-10-11-24(35-15-20)26(28,29)30)23-13-22(18-4-3-5-21(12-18)39-27(31,32)33)37(25(23)38)19-8-6-17(14-34)7-9-19/h3-12,15-16,22-23H,13H2,1-2H3/t22-,23-/m1/s1. The minimum atomic E-state index is -4.91. The van der Waals surface area contributed by atoms with Crippen molar-refractivity contribution in [1.29, 1.82) is 5.26 Å². The largest absolute Gasteiger partial charge is 0.573 e. The molecule has 2 heterocycles. The number of nitriles is 1. The Morgan fingerprint density at radius 2 is 1.74 bits per heavy atom. The van der Waals surface area contributed by atoms with Crippen LogP contribution in [0.25, 0.3) is 0 Å². The number of anilines is 2. The van der Waals surface area contributed by atoms with E-state index in [9.17, 15) is 31.1 Å². The average Bonchev–Trinajstić information content (AvgIpc) is 3.19. The molecule has 0 unspecified atom stereocenters. The van der Waals surface area contributed by atoms with Gasteiger partial charge in [-0.2, -0.15) is 18.4 Å². The second-order valence-corrected chi connectivity index (χ2v) is 9.15. The van der Waals surface area contributed by atoms with E-state index in [1.165, 1.54) is 35.2 Å². The highest BCUT2D eigenvalue weighted by molar-refractivity contribution is 6.02. The summed E-state index contributed by atoms with van der Waals surface area (Å²) < 4.78 is 81.9. The second kappa shape index (κ2) is 10.5. The Bertz CT molecular complexity index is 1370. The first-order valence-electron chi connectivity index (χ1n) is 11.8. The van der Waals surface area contributed by atoms with Crippen molar-refractivity contribution in [3.05, 3.63) is 83.7 Å². The van der Waals surface area contributed by atoms with Crippen molar-refractivity contribution >= 4 is 17.3 Å². The highest BCUT2D eigenvalue weighted by Crippen LogP contribution is 2.42. The quantitative estimate of drug-likeness (QED) is 0.324. The zero-order valence-electron chi connectivity index (χ0n) is 20.7. The molecule has 39 heavy (non-hydrogen) atoms. The number of alkyl halides is 6. The normalized spacial score (nSPS) is 17.8. The summed E-state index contributed by atoms with van der Waals surface area (Å²) in [4.78, 5) is 20.5. The van der Waals surface area contributed by atoms with Gasteiger partial charge in [0, 0.05) is 18.2 Å². The number of carbonyl (C=O) groups excluding carboxylic acids is 1. The fraction of sp³-hybridized carbons (Fsp3) is 0.296. The van der Waals surface area contributed by atoms with Gasteiger partial charge >= 0.3 is 12.5 Å². The third kappa shape index (κ3) is 6.08. The van der Waals surface area contributed by atoms with Crippen LogP contribution in [0.15, 0.2) is 66.9 Å². The van der Waals surface area contributed by atoms with Gasteiger partial charge in [0.15, 0.2) is 0 Å². The van der Waals surface area contributed by atoms with Gasteiger partial charge in [0.25, 0.3) is 0 Å². The van der Waals surface area contributed by atoms with Crippen molar-refractivity contribution in [2.75, 3.05) is 9.80 Å². The van der Waals surface area contributed by atoms with E-state index in [-0.39, 0.29) is 18.2 Å². The molecule has 1 aliphatic heterocycles. The number of benzene rings is 2. The first-order valence-corrected chi connectivity index (χ1v) is 11.8. The van der Waals surface area contributed by atoms with Crippen LogP contribution < -0.4 is 14.5 Å². The van der Waals surface area contributed by atoms with E-state index >= 15 is 0 Å². The first kappa shape index (κ1) is 27.8. The number of halogens is 6. The lowest BCUT2D eigenvalue weighted by Crippen LogP contribution is -2.46. The van der Waals surface area contributed by atoms with Gasteiger partial charge in [-0.3, -0.25) is 4.79 Å². The van der Waals surface area contributed by atoms with Crippen LogP contribution >= 0.6 is 0 Å². The lowest BCUT2D eigenvalue weighted by atomic mass is 10.0. The van der Waals surface area contributed by atoms with Crippen molar-refractivity contribution in [2.45, 2.75) is 50.9 Å². The monoisotopic (exact) mass is 548 g/mol. The highest BCUT2D eigenvalue weighted by atomic mass is 19.4. The maximum atomic E-state index is 13.9. The molecule has 0 N–H and O–H groups in total. The summed E-state index contributed by atoms with van der Waals surface area (Å²) in [6, 6.07) is 13.5. The van der Waals surface area contributed by atoms with Crippen LogP contribution in [0.1, 0.15) is 43.1 Å². The summed E-state index contributed by atoms with van der Waals surface area (Å²) in [7, 11) is 0. The predicted molar refractivity (Wildman–Crippen MR) is 130 cm³/mol. The average molecular weight is 548 g/mol. The van der Waals surface area contributed by atoms with Gasteiger partial charge in [0.2, 0.25) is 5.91 Å². The number of amides is 1. The number of carbonyl (C=O) groups is 1. The summed E-state index contributed by atoms with van der Waals surface area (Å²) in [6.45, 7) is 3.53. The number of hydrogen-bond acceptors (Lipinski definition) is 5. The van der Waals surface area contributed by atoms with Crippen LogP contribution in [0.5, 0.6) is 5.75 Å². The third-order valence-corrected chi connectivity index (χ3v) is 6.26. The van der Waals surface area contributed by atoms with Crippen LogP contribution in [0, 0.1) is 11.3 Å². The van der Waals surface area contributed by atoms with Gasteiger partial charge in [-0.1, -0.05) is 12.1 Å². The number of rotatable bonds is 6. The van der Waals surface area contributed by atoms with Crippen molar-refractivity contribution in [3.63, 3.8) is 0 Å². The van der Waals surface area contributed by atoms with Gasteiger partial charge < -0.3 is 14.5 Å². The number of aromatic nitrogens is 1. The molecule has 1 aromatic heterocycles. The summed E-state index contributed by atoms with van der Waals surface area (Å²) in [5, 5.41) is 9.15. The molecule has 4 rings (SSSR count). The minimum Gasteiger partial charge on any atom is -0.406 e. The van der Waals surface area contributed by atoms with Gasteiger partial charge in [0.1, 0.15) is 17.5 Å². The first-order chi connectivity index (χ1) is 18.3. The van der Waals surface area contributed by atoms with Crippen LogP contribution in [-0.4, -0.2) is 29.3 Å². The number of ether oxygens (including phenoxy) is 1. The molecule has 0 spiro atoms. The molecule has 2 atom stereocenters. The Balaban J connectivity index is 1.77. The molecule has 0 radical (unpaired) electrons. The molecule has 1 aliphatic rings. The lowest BCUT2D eigenvalue weighted by molar-refractivity contribution is -0.274. The Hall–Kier alpha value is -4.27. The molecule has 2 aromatic carbocycles. The predicted octanol–water partition coefficient (Wildman–Crippen LogP) is 6.63. The fourth-order valence-electron chi connectivity index (χ4n) is 4.72. The summed E-state index contributed by atoms with van der Waals surface area (Å²) >= 11 is 0. The minimum absolute atomic E-state index is 0.105.